The highest BCUT2D eigenvalue weighted by Gasteiger charge is 2.29. The van der Waals surface area contributed by atoms with Crippen LogP contribution in [0.4, 0.5) is 0 Å². The van der Waals surface area contributed by atoms with Gasteiger partial charge in [-0.3, -0.25) is 4.79 Å². The molecule has 3 aromatic rings. The Kier molecular flexibility index (Phi) is 5.83. The van der Waals surface area contributed by atoms with Gasteiger partial charge in [-0.05, 0) is 30.5 Å². The Hall–Kier alpha value is -2.36. The van der Waals surface area contributed by atoms with Crippen LogP contribution < -0.4 is 5.73 Å². The molecule has 1 radical (unpaired) electrons. The molecule has 1 atom stereocenters. The lowest BCUT2D eigenvalue weighted by Crippen LogP contribution is -2.45. The highest BCUT2D eigenvalue weighted by molar-refractivity contribution is 7.81. The van der Waals surface area contributed by atoms with Crippen molar-refractivity contribution in [3.05, 3.63) is 113 Å². The molecule has 0 bridgehead atoms. The van der Waals surface area contributed by atoms with Crippen LogP contribution in [0.25, 0.3) is 0 Å². The smallest absolute Gasteiger partial charge is 0.180 e. The minimum absolute atomic E-state index is 0.0949. The molecule has 0 fully saturated rings. The highest BCUT2D eigenvalue weighted by Crippen LogP contribution is 2.31. The zero-order valence-electron chi connectivity index (χ0n) is 15.6. The highest BCUT2D eigenvalue weighted by atomic mass is 32.1. The van der Waals surface area contributed by atoms with E-state index in [-0.39, 0.29) is 5.78 Å². The zero-order chi connectivity index (χ0) is 19.4. The van der Waals surface area contributed by atoms with Crippen molar-refractivity contribution in [1.29, 1.82) is 0 Å². The van der Waals surface area contributed by atoms with Crippen LogP contribution in [0.5, 0.6) is 0 Å². The van der Waals surface area contributed by atoms with E-state index in [0.29, 0.717) is 5.56 Å². The van der Waals surface area contributed by atoms with Crippen LogP contribution >= 0.6 is 12.6 Å². The largest absolute Gasteiger partial charge is 0.320 e. The summed E-state index contributed by atoms with van der Waals surface area (Å²) in [4.78, 5) is 12.6. The van der Waals surface area contributed by atoms with Crippen LogP contribution in [0.2, 0.25) is 0 Å². The fourth-order valence-corrected chi connectivity index (χ4v) is 3.13. The van der Waals surface area contributed by atoms with E-state index >= 15 is 0 Å². The van der Waals surface area contributed by atoms with E-state index in [9.17, 15) is 4.79 Å². The van der Waals surface area contributed by atoms with Gasteiger partial charge in [-0.1, -0.05) is 84.9 Å². The Labute approximate surface area is 166 Å². The van der Waals surface area contributed by atoms with Gasteiger partial charge in [-0.2, -0.15) is 12.6 Å². The number of hydrogen-bond donors (Lipinski definition) is 2. The van der Waals surface area contributed by atoms with Crippen molar-refractivity contribution in [3.8, 4) is 0 Å². The number of hydrogen-bond acceptors (Lipinski definition) is 3. The van der Waals surface area contributed by atoms with Crippen LogP contribution in [-0.2, 0) is 0 Å². The van der Waals surface area contributed by atoms with Gasteiger partial charge < -0.3 is 5.73 Å². The first kappa shape index (κ1) is 19.4. The maximum Gasteiger partial charge on any atom is 0.180 e. The summed E-state index contributed by atoms with van der Waals surface area (Å²) in [5.74, 6) is 1.04. The van der Waals surface area contributed by atoms with Crippen LogP contribution in [0.1, 0.15) is 40.9 Å². The summed E-state index contributed by atoms with van der Waals surface area (Å²) >= 11 is 4.44. The number of Topliss-reactive ketones (excluding diaryl/α,β-unsaturated/α-hetero) is 1. The van der Waals surface area contributed by atoms with Gasteiger partial charge >= 0.3 is 0 Å². The number of ketones is 1. The second kappa shape index (κ2) is 8.12. The number of nitrogens with two attached hydrogens (primary N) is 1. The van der Waals surface area contributed by atoms with E-state index in [1.165, 1.54) is 0 Å². The van der Waals surface area contributed by atoms with Gasteiger partial charge in [-0.15, -0.1) is 0 Å². The predicted molar refractivity (Wildman–Crippen MR) is 115 cm³/mol. The average molecular weight is 375 g/mol. The summed E-state index contributed by atoms with van der Waals surface area (Å²) in [6.07, 6.45) is 0. The SMILES string of the molecule is CC(C)(S)[C@H](N)C(=O)c1ccc([C](c2ccccc2)c2ccccc2)cc1. The van der Waals surface area contributed by atoms with Gasteiger partial charge in [0.2, 0.25) is 0 Å². The summed E-state index contributed by atoms with van der Waals surface area (Å²) in [6, 6.07) is 27.6. The summed E-state index contributed by atoms with van der Waals surface area (Å²) in [5, 5.41) is 0. The predicted octanol–water partition coefficient (Wildman–Crippen LogP) is 4.92. The van der Waals surface area contributed by atoms with E-state index in [0.717, 1.165) is 22.6 Å². The van der Waals surface area contributed by atoms with E-state index in [1.807, 2.05) is 74.5 Å². The molecule has 0 amide bonds. The van der Waals surface area contributed by atoms with Gasteiger partial charge in [0.15, 0.2) is 5.78 Å². The fraction of sp³-hybridized carbons (Fsp3) is 0.167. The third-order valence-electron chi connectivity index (χ3n) is 4.63. The molecule has 0 heterocycles. The number of benzene rings is 3. The number of carbonyl (C=O) groups is 1. The molecule has 0 saturated carbocycles. The minimum Gasteiger partial charge on any atom is -0.320 e. The molecular weight excluding hydrogens is 350 g/mol. The van der Waals surface area contributed by atoms with Crippen molar-refractivity contribution < 1.29 is 4.79 Å². The van der Waals surface area contributed by atoms with Crippen molar-refractivity contribution >= 4 is 18.4 Å². The molecule has 2 nitrogen and oxygen atoms in total. The first-order valence-corrected chi connectivity index (χ1v) is 9.43. The van der Waals surface area contributed by atoms with Gasteiger partial charge in [0.1, 0.15) is 0 Å². The molecular formula is C24H24NOS. The fourth-order valence-electron chi connectivity index (χ4n) is 3.01. The van der Waals surface area contributed by atoms with E-state index < -0.39 is 10.8 Å². The van der Waals surface area contributed by atoms with Gasteiger partial charge in [0.05, 0.1) is 12.0 Å². The number of thiol groups is 1. The minimum atomic E-state index is -0.654. The van der Waals surface area contributed by atoms with Crippen molar-refractivity contribution in [3.63, 3.8) is 0 Å². The molecule has 0 saturated heterocycles. The van der Waals surface area contributed by atoms with Gasteiger partial charge in [0.25, 0.3) is 0 Å². The monoisotopic (exact) mass is 374 g/mol. The van der Waals surface area contributed by atoms with Crippen LogP contribution in [0.15, 0.2) is 84.9 Å². The lowest BCUT2D eigenvalue weighted by Gasteiger charge is -2.25. The third-order valence-corrected chi connectivity index (χ3v) is 4.90. The van der Waals surface area contributed by atoms with Crippen LogP contribution in [0.3, 0.4) is 0 Å². The van der Waals surface area contributed by atoms with E-state index in [4.69, 9.17) is 5.73 Å². The first-order chi connectivity index (χ1) is 12.9. The molecule has 137 valence electrons. The van der Waals surface area contributed by atoms with Crippen molar-refractivity contribution in [2.24, 2.45) is 5.73 Å². The Morgan fingerprint density at radius 2 is 1.11 bits per heavy atom. The first-order valence-electron chi connectivity index (χ1n) is 8.98. The number of carbonyl (C=O) groups excluding carboxylic acids is 1. The lowest BCUT2D eigenvalue weighted by atomic mass is 9.84. The molecule has 0 aliphatic rings. The third kappa shape index (κ3) is 4.49. The van der Waals surface area contributed by atoms with E-state index in [2.05, 4.69) is 36.9 Å². The maximum atomic E-state index is 12.6. The molecule has 3 rings (SSSR count). The molecule has 27 heavy (non-hydrogen) atoms. The second-order valence-electron chi connectivity index (χ2n) is 7.18. The Balaban J connectivity index is 1.96. The Bertz CT molecular complexity index is 844. The second-order valence-corrected chi connectivity index (χ2v) is 8.33. The zero-order valence-corrected chi connectivity index (χ0v) is 16.5. The van der Waals surface area contributed by atoms with Crippen molar-refractivity contribution in [1.82, 2.24) is 0 Å². The summed E-state index contributed by atoms with van der Waals surface area (Å²) in [5.41, 5.74) is 10.0. The van der Waals surface area contributed by atoms with Crippen LogP contribution in [-0.4, -0.2) is 16.6 Å². The average Bonchev–Trinajstić information content (AvgIpc) is 2.68. The quantitative estimate of drug-likeness (QED) is 0.365. The van der Waals surface area contributed by atoms with Crippen LogP contribution in [0, 0.1) is 5.92 Å². The summed E-state index contributed by atoms with van der Waals surface area (Å²) in [7, 11) is 0. The molecule has 0 aliphatic heterocycles. The standard InChI is InChI=1S/C24H24NOS/c1-24(2,27)23(25)22(26)20-15-13-19(14-16-20)21(17-9-5-3-6-10-17)18-11-7-4-8-12-18/h3-16,23,27H,25H2,1-2H3/t23-/m1/s1. The normalized spacial score (nSPS) is 12.8. The molecule has 0 unspecified atom stereocenters. The van der Waals surface area contributed by atoms with Crippen molar-refractivity contribution in [2.45, 2.75) is 24.6 Å². The topological polar surface area (TPSA) is 43.1 Å². The summed E-state index contributed by atoms with van der Waals surface area (Å²) in [6.45, 7) is 3.70. The molecule has 3 heteroatoms. The summed E-state index contributed by atoms with van der Waals surface area (Å²) < 4.78 is -0.568. The molecule has 3 aromatic carbocycles. The van der Waals surface area contributed by atoms with E-state index in [1.54, 1.807) is 0 Å². The lowest BCUT2D eigenvalue weighted by molar-refractivity contribution is 0.0949. The van der Waals surface area contributed by atoms with Crippen molar-refractivity contribution in [2.75, 3.05) is 0 Å². The molecule has 0 aliphatic carbocycles. The maximum absolute atomic E-state index is 12.6. The Morgan fingerprint density at radius 3 is 1.52 bits per heavy atom. The molecule has 2 N–H and O–H groups in total. The van der Waals surface area contributed by atoms with Gasteiger partial charge in [-0.25, -0.2) is 0 Å². The molecule has 0 spiro atoms. The molecule has 0 aromatic heterocycles. The number of rotatable bonds is 6. The van der Waals surface area contributed by atoms with Gasteiger partial charge in [0, 0.05) is 10.3 Å². The Morgan fingerprint density at radius 1 is 0.741 bits per heavy atom.